The number of nitrogens with zero attached hydrogens (tertiary/aromatic N) is 2. The van der Waals surface area contributed by atoms with E-state index < -0.39 is 0 Å². The zero-order valence-electron chi connectivity index (χ0n) is 6.16. The van der Waals surface area contributed by atoms with Crippen LogP contribution in [-0.2, 0) is 0 Å². The van der Waals surface area contributed by atoms with E-state index >= 15 is 0 Å². The van der Waals surface area contributed by atoms with Gasteiger partial charge in [0.25, 0.3) is 0 Å². The van der Waals surface area contributed by atoms with Gasteiger partial charge in [-0.25, -0.2) is 4.98 Å². The fourth-order valence-corrected chi connectivity index (χ4v) is 1.23. The lowest BCUT2D eigenvalue weighted by molar-refractivity contribution is 1.09. The van der Waals surface area contributed by atoms with Crippen molar-refractivity contribution in [3.05, 3.63) is 35.9 Å². The number of rotatable bonds is 1. The van der Waals surface area contributed by atoms with E-state index in [9.17, 15) is 0 Å². The van der Waals surface area contributed by atoms with E-state index in [0.29, 0.717) is 5.15 Å². The fraction of sp³-hybridized carbons (Fsp3) is 0. The quantitative estimate of drug-likeness (QED) is 0.682. The average molecular weight is 180 g/mol. The van der Waals surface area contributed by atoms with Gasteiger partial charge in [-0.3, -0.25) is 5.10 Å². The third kappa shape index (κ3) is 1.19. The lowest BCUT2D eigenvalue weighted by atomic mass is 10.2. The molecule has 0 saturated heterocycles. The third-order valence-electron chi connectivity index (χ3n) is 1.57. The van der Waals surface area contributed by atoms with Gasteiger partial charge in [0, 0.05) is 23.5 Å². The van der Waals surface area contributed by atoms with Crippen LogP contribution in [0.4, 0.5) is 0 Å². The summed E-state index contributed by atoms with van der Waals surface area (Å²) in [6.07, 6.45) is 5.15. The Morgan fingerprint density at radius 2 is 2.33 bits per heavy atom. The smallest absolute Gasteiger partial charge is 0.136 e. The second kappa shape index (κ2) is 2.95. The molecule has 0 aliphatic heterocycles. The second-order valence-corrected chi connectivity index (χ2v) is 2.69. The number of halogens is 1. The molecule has 0 saturated carbocycles. The molecule has 0 amide bonds. The molecule has 0 fully saturated rings. The molecule has 4 heteroatoms. The molecule has 0 aliphatic carbocycles. The van der Waals surface area contributed by atoms with Crippen molar-refractivity contribution in [1.29, 1.82) is 0 Å². The first-order valence-corrected chi connectivity index (χ1v) is 3.85. The summed E-state index contributed by atoms with van der Waals surface area (Å²) in [4.78, 5) is 3.96. The SMILES string of the molecule is Clc1ncccc1-c1cn[nH]c1. The van der Waals surface area contributed by atoms with E-state index in [1.165, 1.54) is 0 Å². The largest absolute Gasteiger partial charge is 0.285 e. The summed E-state index contributed by atoms with van der Waals surface area (Å²) in [5, 5.41) is 7.05. The number of H-pyrrole nitrogens is 1. The molecule has 2 aromatic heterocycles. The first-order chi connectivity index (χ1) is 5.88. The van der Waals surface area contributed by atoms with Crippen molar-refractivity contribution in [2.75, 3.05) is 0 Å². The number of pyridine rings is 1. The number of hydrogen-bond donors (Lipinski definition) is 1. The number of aromatic nitrogens is 3. The second-order valence-electron chi connectivity index (χ2n) is 2.33. The molecule has 0 bridgehead atoms. The molecule has 2 heterocycles. The standard InChI is InChI=1S/C8H6ClN3/c9-8-7(2-1-3-10-8)6-4-11-12-5-6/h1-5H,(H,11,12). The molecule has 0 spiro atoms. The zero-order chi connectivity index (χ0) is 8.39. The Kier molecular flexibility index (Phi) is 1.80. The highest BCUT2D eigenvalue weighted by molar-refractivity contribution is 6.32. The van der Waals surface area contributed by atoms with Crippen LogP contribution in [0.1, 0.15) is 0 Å². The minimum atomic E-state index is 0.499. The van der Waals surface area contributed by atoms with Gasteiger partial charge in [-0.1, -0.05) is 11.6 Å². The maximum absolute atomic E-state index is 5.86. The molecule has 12 heavy (non-hydrogen) atoms. The summed E-state index contributed by atoms with van der Waals surface area (Å²) in [5.41, 5.74) is 1.85. The molecule has 1 N–H and O–H groups in total. The molecule has 0 aliphatic rings. The maximum atomic E-state index is 5.86. The van der Waals surface area contributed by atoms with Crippen LogP contribution < -0.4 is 0 Å². The van der Waals surface area contributed by atoms with Crippen LogP contribution in [0.25, 0.3) is 11.1 Å². The maximum Gasteiger partial charge on any atom is 0.136 e. The molecule has 60 valence electrons. The lowest BCUT2D eigenvalue weighted by Crippen LogP contribution is -1.78. The molecule has 3 nitrogen and oxygen atoms in total. The lowest BCUT2D eigenvalue weighted by Gasteiger charge is -1.96. The summed E-state index contributed by atoms with van der Waals surface area (Å²) >= 11 is 5.86. The minimum Gasteiger partial charge on any atom is -0.285 e. The van der Waals surface area contributed by atoms with E-state index in [1.807, 2.05) is 12.1 Å². The van der Waals surface area contributed by atoms with Crippen LogP contribution in [0.15, 0.2) is 30.7 Å². The molecular formula is C8H6ClN3. The molecule has 0 atom stereocenters. The van der Waals surface area contributed by atoms with Gasteiger partial charge in [0.1, 0.15) is 5.15 Å². The summed E-state index contributed by atoms with van der Waals surface area (Å²) < 4.78 is 0. The van der Waals surface area contributed by atoms with Gasteiger partial charge in [0.2, 0.25) is 0 Å². The van der Waals surface area contributed by atoms with Crippen LogP contribution in [0, 0.1) is 0 Å². The van der Waals surface area contributed by atoms with Gasteiger partial charge >= 0.3 is 0 Å². The van der Waals surface area contributed by atoms with Gasteiger partial charge in [0.15, 0.2) is 0 Å². The third-order valence-corrected chi connectivity index (χ3v) is 1.87. The van der Waals surface area contributed by atoms with Crippen molar-refractivity contribution < 1.29 is 0 Å². The fourth-order valence-electron chi connectivity index (χ4n) is 1.000. The molecule has 0 aromatic carbocycles. The monoisotopic (exact) mass is 179 g/mol. The van der Waals surface area contributed by atoms with Crippen molar-refractivity contribution in [2.24, 2.45) is 0 Å². The molecule has 2 aromatic rings. The number of nitrogens with one attached hydrogen (secondary N) is 1. The predicted molar refractivity (Wildman–Crippen MR) is 46.8 cm³/mol. The van der Waals surface area contributed by atoms with Gasteiger partial charge < -0.3 is 0 Å². The van der Waals surface area contributed by atoms with Crippen LogP contribution in [0.3, 0.4) is 0 Å². The highest BCUT2D eigenvalue weighted by Crippen LogP contribution is 2.23. The topological polar surface area (TPSA) is 41.6 Å². The van der Waals surface area contributed by atoms with Gasteiger partial charge in [0.05, 0.1) is 6.20 Å². The first kappa shape index (κ1) is 7.31. The van der Waals surface area contributed by atoms with Crippen molar-refractivity contribution >= 4 is 11.6 Å². The highest BCUT2D eigenvalue weighted by Gasteiger charge is 2.02. The van der Waals surface area contributed by atoms with Gasteiger partial charge in [-0.05, 0) is 12.1 Å². The Bertz CT molecular complexity index is 370. The van der Waals surface area contributed by atoms with E-state index in [0.717, 1.165) is 11.1 Å². The summed E-state index contributed by atoms with van der Waals surface area (Å²) in [6.45, 7) is 0. The first-order valence-electron chi connectivity index (χ1n) is 3.47. The van der Waals surface area contributed by atoms with Crippen LogP contribution in [0.5, 0.6) is 0 Å². The predicted octanol–water partition coefficient (Wildman–Crippen LogP) is 2.13. The van der Waals surface area contributed by atoms with E-state index in [1.54, 1.807) is 18.6 Å². The van der Waals surface area contributed by atoms with Gasteiger partial charge in [-0.2, -0.15) is 5.10 Å². The molecular weight excluding hydrogens is 174 g/mol. The van der Waals surface area contributed by atoms with E-state index in [-0.39, 0.29) is 0 Å². The number of aromatic amines is 1. The van der Waals surface area contributed by atoms with Crippen LogP contribution >= 0.6 is 11.6 Å². The van der Waals surface area contributed by atoms with Crippen LogP contribution in [0.2, 0.25) is 5.15 Å². The normalized spacial score (nSPS) is 10.1. The summed E-state index contributed by atoms with van der Waals surface area (Å²) in [7, 11) is 0. The summed E-state index contributed by atoms with van der Waals surface area (Å²) in [5.74, 6) is 0. The Hall–Kier alpha value is -1.35. The Morgan fingerprint density at radius 3 is 3.00 bits per heavy atom. The molecule has 0 radical (unpaired) electrons. The Morgan fingerprint density at radius 1 is 1.42 bits per heavy atom. The van der Waals surface area contributed by atoms with Crippen molar-refractivity contribution in [1.82, 2.24) is 15.2 Å². The average Bonchev–Trinajstić information content (AvgIpc) is 2.57. The van der Waals surface area contributed by atoms with Crippen molar-refractivity contribution in [3.8, 4) is 11.1 Å². The molecule has 0 unspecified atom stereocenters. The minimum absolute atomic E-state index is 0.499. The van der Waals surface area contributed by atoms with E-state index in [4.69, 9.17) is 11.6 Å². The van der Waals surface area contributed by atoms with Gasteiger partial charge in [-0.15, -0.1) is 0 Å². The van der Waals surface area contributed by atoms with Crippen molar-refractivity contribution in [3.63, 3.8) is 0 Å². The Labute approximate surface area is 74.4 Å². The zero-order valence-corrected chi connectivity index (χ0v) is 6.92. The van der Waals surface area contributed by atoms with Crippen molar-refractivity contribution in [2.45, 2.75) is 0 Å². The molecule has 2 rings (SSSR count). The van der Waals surface area contributed by atoms with Crippen LogP contribution in [-0.4, -0.2) is 15.2 Å². The van der Waals surface area contributed by atoms with E-state index in [2.05, 4.69) is 15.2 Å². The summed E-state index contributed by atoms with van der Waals surface area (Å²) in [6, 6.07) is 3.74. The highest BCUT2D eigenvalue weighted by atomic mass is 35.5. The Balaban J connectivity index is 2.55. The number of hydrogen-bond acceptors (Lipinski definition) is 2.